The molecule has 0 saturated carbocycles. The summed E-state index contributed by atoms with van der Waals surface area (Å²) in [6.07, 6.45) is 1.16. The molecule has 0 saturated heterocycles. The quantitative estimate of drug-likeness (QED) is 0.771. The van der Waals surface area contributed by atoms with Crippen LogP contribution in [0.4, 0.5) is 0 Å². The first kappa shape index (κ1) is 12.8. The number of halogens is 2. The molecule has 1 aromatic rings. The van der Waals surface area contributed by atoms with Crippen LogP contribution in [-0.2, 0) is 0 Å². The van der Waals surface area contributed by atoms with Crippen LogP contribution in [0.3, 0.4) is 0 Å². The van der Waals surface area contributed by atoms with Crippen LogP contribution in [0.25, 0.3) is 0 Å². The fourth-order valence-corrected chi connectivity index (χ4v) is 1.74. The molecule has 0 spiro atoms. The molecule has 1 nitrogen and oxygen atoms in total. The van der Waals surface area contributed by atoms with E-state index in [0.29, 0.717) is 16.0 Å². The van der Waals surface area contributed by atoms with Crippen molar-refractivity contribution < 1.29 is 0 Å². The highest BCUT2D eigenvalue weighted by Crippen LogP contribution is 2.26. The van der Waals surface area contributed by atoms with Crippen LogP contribution in [0.2, 0.25) is 10.0 Å². The Hall–Kier alpha value is -0.240. The van der Waals surface area contributed by atoms with Gasteiger partial charge in [-0.15, -0.1) is 0 Å². The molecule has 0 bridgehead atoms. The molecular weight excluding hydrogens is 229 g/mol. The van der Waals surface area contributed by atoms with Gasteiger partial charge in [-0.3, -0.25) is 0 Å². The molecule has 0 aliphatic heterocycles. The van der Waals surface area contributed by atoms with Gasteiger partial charge in [0.25, 0.3) is 0 Å². The molecule has 0 amide bonds. The smallest absolute Gasteiger partial charge is 0.0595 e. The summed E-state index contributed by atoms with van der Waals surface area (Å²) >= 11 is 11.8. The second kappa shape index (κ2) is 6.37. The monoisotopic (exact) mass is 245 g/mol. The van der Waals surface area contributed by atoms with Crippen LogP contribution >= 0.6 is 23.2 Å². The summed E-state index contributed by atoms with van der Waals surface area (Å²) in [5.41, 5.74) is 1.23. The number of hydrogen-bond acceptors (Lipinski definition) is 1. The normalized spacial score (nSPS) is 12.8. The van der Waals surface area contributed by atoms with Gasteiger partial charge in [0.2, 0.25) is 0 Å². The van der Waals surface area contributed by atoms with Gasteiger partial charge in [0.05, 0.1) is 10.0 Å². The van der Waals surface area contributed by atoms with Crippen molar-refractivity contribution in [3.05, 3.63) is 33.8 Å². The predicted molar refractivity (Wildman–Crippen MR) is 68.0 cm³/mol. The fraction of sp³-hybridized carbons (Fsp3) is 0.500. The molecule has 3 heteroatoms. The molecule has 0 aliphatic carbocycles. The highest BCUT2D eigenvalue weighted by molar-refractivity contribution is 6.42. The minimum absolute atomic E-state index is 0.464. The second-order valence-electron chi connectivity index (χ2n) is 3.78. The molecule has 15 heavy (non-hydrogen) atoms. The summed E-state index contributed by atoms with van der Waals surface area (Å²) in [5, 5.41) is 4.65. The van der Waals surface area contributed by atoms with Crippen LogP contribution in [0.15, 0.2) is 18.2 Å². The molecule has 0 fully saturated rings. The molecule has 0 aromatic heterocycles. The summed E-state index contributed by atoms with van der Waals surface area (Å²) < 4.78 is 0. The second-order valence-corrected chi connectivity index (χ2v) is 4.59. The molecule has 0 heterocycles. The van der Waals surface area contributed by atoms with Crippen molar-refractivity contribution in [3.8, 4) is 0 Å². The molecule has 1 unspecified atom stereocenters. The highest BCUT2D eigenvalue weighted by Gasteiger charge is 2.06. The van der Waals surface area contributed by atoms with Gasteiger partial charge in [0.1, 0.15) is 0 Å². The van der Waals surface area contributed by atoms with Crippen molar-refractivity contribution in [1.82, 2.24) is 5.32 Å². The van der Waals surface area contributed by atoms with Crippen molar-refractivity contribution in [2.75, 3.05) is 13.1 Å². The topological polar surface area (TPSA) is 12.0 Å². The summed E-state index contributed by atoms with van der Waals surface area (Å²) in [4.78, 5) is 0. The average Bonchev–Trinajstić information content (AvgIpc) is 2.22. The first-order chi connectivity index (χ1) is 7.15. The molecule has 1 rings (SSSR count). The van der Waals surface area contributed by atoms with Gasteiger partial charge in [0.15, 0.2) is 0 Å². The maximum absolute atomic E-state index is 5.97. The van der Waals surface area contributed by atoms with E-state index >= 15 is 0 Å². The zero-order valence-electron chi connectivity index (χ0n) is 9.19. The van der Waals surface area contributed by atoms with E-state index in [4.69, 9.17) is 23.2 Å². The number of nitrogens with one attached hydrogen (secondary N) is 1. The molecule has 1 aromatic carbocycles. The SMILES string of the molecule is CCCNCC(C)c1ccc(Cl)c(Cl)c1. The first-order valence-electron chi connectivity index (χ1n) is 5.30. The van der Waals surface area contributed by atoms with Crippen molar-refractivity contribution in [2.45, 2.75) is 26.2 Å². The maximum atomic E-state index is 5.97. The standard InChI is InChI=1S/C12H17Cl2N/c1-3-6-15-8-9(2)10-4-5-11(13)12(14)7-10/h4-5,7,9,15H,3,6,8H2,1-2H3. The lowest BCUT2D eigenvalue weighted by atomic mass is 10.0. The Bertz CT molecular complexity index is 312. The van der Waals surface area contributed by atoms with E-state index in [1.807, 2.05) is 18.2 Å². The zero-order chi connectivity index (χ0) is 11.3. The summed E-state index contributed by atoms with van der Waals surface area (Å²) in [6.45, 7) is 6.39. The lowest BCUT2D eigenvalue weighted by Crippen LogP contribution is -2.20. The third kappa shape index (κ3) is 4.02. The van der Waals surface area contributed by atoms with E-state index in [2.05, 4.69) is 19.2 Å². The van der Waals surface area contributed by atoms with Crippen molar-refractivity contribution in [3.63, 3.8) is 0 Å². The molecule has 1 N–H and O–H groups in total. The summed E-state index contributed by atoms with van der Waals surface area (Å²) in [6, 6.07) is 5.84. The first-order valence-corrected chi connectivity index (χ1v) is 6.06. The van der Waals surface area contributed by atoms with Crippen molar-refractivity contribution in [2.24, 2.45) is 0 Å². The third-order valence-corrected chi connectivity index (χ3v) is 3.13. The molecule has 1 atom stereocenters. The van der Waals surface area contributed by atoms with E-state index in [1.54, 1.807) is 0 Å². The lowest BCUT2D eigenvalue weighted by Gasteiger charge is -2.13. The van der Waals surface area contributed by atoms with Crippen LogP contribution in [-0.4, -0.2) is 13.1 Å². The van der Waals surface area contributed by atoms with Gasteiger partial charge in [-0.2, -0.15) is 0 Å². The van der Waals surface area contributed by atoms with Crippen LogP contribution in [0.1, 0.15) is 31.7 Å². The predicted octanol–water partition coefficient (Wildman–Crippen LogP) is 4.10. The number of benzene rings is 1. The van der Waals surface area contributed by atoms with Gasteiger partial charge in [-0.25, -0.2) is 0 Å². The molecule has 0 aliphatic rings. The Kier molecular flexibility index (Phi) is 5.44. The highest BCUT2D eigenvalue weighted by atomic mass is 35.5. The molecule has 84 valence electrons. The average molecular weight is 246 g/mol. The summed E-state index contributed by atoms with van der Waals surface area (Å²) in [7, 11) is 0. The lowest BCUT2D eigenvalue weighted by molar-refractivity contribution is 0.609. The van der Waals surface area contributed by atoms with Gasteiger partial charge < -0.3 is 5.32 Å². The van der Waals surface area contributed by atoms with Gasteiger partial charge in [0, 0.05) is 6.54 Å². The Balaban J connectivity index is 2.57. The third-order valence-electron chi connectivity index (χ3n) is 2.39. The summed E-state index contributed by atoms with van der Waals surface area (Å²) in [5.74, 6) is 0.464. The number of rotatable bonds is 5. The Morgan fingerprint density at radius 3 is 2.60 bits per heavy atom. The molecular formula is C12H17Cl2N. The molecule has 0 radical (unpaired) electrons. The van der Waals surface area contributed by atoms with Gasteiger partial charge in [-0.05, 0) is 36.6 Å². The van der Waals surface area contributed by atoms with Crippen LogP contribution in [0.5, 0.6) is 0 Å². The van der Waals surface area contributed by atoms with E-state index in [1.165, 1.54) is 5.56 Å². The minimum atomic E-state index is 0.464. The van der Waals surface area contributed by atoms with Crippen LogP contribution < -0.4 is 5.32 Å². The van der Waals surface area contributed by atoms with E-state index in [9.17, 15) is 0 Å². The zero-order valence-corrected chi connectivity index (χ0v) is 10.7. The minimum Gasteiger partial charge on any atom is -0.316 e. The van der Waals surface area contributed by atoms with Crippen molar-refractivity contribution in [1.29, 1.82) is 0 Å². The van der Waals surface area contributed by atoms with Gasteiger partial charge >= 0.3 is 0 Å². The van der Waals surface area contributed by atoms with Gasteiger partial charge in [-0.1, -0.05) is 43.1 Å². The largest absolute Gasteiger partial charge is 0.316 e. The Morgan fingerprint density at radius 1 is 1.27 bits per heavy atom. The number of hydrogen-bond donors (Lipinski definition) is 1. The van der Waals surface area contributed by atoms with E-state index < -0.39 is 0 Å². The van der Waals surface area contributed by atoms with Crippen LogP contribution in [0, 0.1) is 0 Å². The van der Waals surface area contributed by atoms with E-state index in [-0.39, 0.29) is 0 Å². The Morgan fingerprint density at radius 2 is 2.00 bits per heavy atom. The van der Waals surface area contributed by atoms with Crippen molar-refractivity contribution >= 4 is 23.2 Å². The van der Waals surface area contributed by atoms with E-state index in [0.717, 1.165) is 19.5 Å². The Labute approximate surface area is 102 Å². The maximum Gasteiger partial charge on any atom is 0.0595 e. The fourth-order valence-electron chi connectivity index (χ4n) is 1.43.